The summed E-state index contributed by atoms with van der Waals surface area (Å²) in [5, 5.41) is 0. The van der Waals surface area contributed by atoms with Gasteiger partial charge < -0.3 is 0 Å². The quantitative estimate of drug-likeness (QED) is 0.580. The van der Waals surface area contributed by atoms with Crippen molar-refractivity contribution in [1.29, 1.82) is 0 Å². The van der Waals surface area contributed by atoms with Crippen LogP contribution in [0.25, 0.3) is 12.2 Å². The summed E-state index contributed by atoms with van der Waals surface area (Å²) in [7, 11) is 0. The number of carbonyl (C=O) groups excluding carboxylic acids is 1. The molecule has 0 heterocycles. The van der Waals surface area contributed by atoms with Gasteiger partial charge in [0.1, 0.15) is 5.78 Å². The number of rotatable bonds is 8. The van der Waals surface area contributed by atoms with Crippen LogP contribution < -0.4 is 0 Å². The first-order chi connectivity index (χ1) is 11.7. The third kappa shape index (κ3) is 6.00. The fourth-order valence-electron chi connectivity index (χ4n) is 2.66. The average molecular weight is 318 g/mol. The van der Waals surface area contributed by atoms with E-state index >= 15 is 0 Å². The Labute approximate surface area is 145 Å². The molecule has 2 aromatic rings. The van der Waals surface area contributed by atoms with Crippen molar-refractivity contribution in [3.8, 4) is 0 Å². The molecule has 0 saturated carbocycles. The minimum absolute atomic E-state index is 0.0603. The lowest BCUT2D eigenvalue weighted by Crippen LogP contribution is -2.18. The Hall–Kier alpha value is -2.41. The van der Waals surface area contributed by atoms with Gasteiger partial charge >= 0.3 is 0 Å². The highest BCUT2D eigenvalue weighted by atomic mass is 16.1. The number of allylic oxidation sites excluding steroid dienone is 2. The third-order valence-corrected chi connectivity index (χ3v) is 4.17. The summed E-state index contributed by atoms with van der Waals surface area (Å²) < 4.78 is 0. The molecule has 1 heteroatoms. The Morgan fingerprint density at radius 3 is 1.50 bits per heavy atom. The Balaban J connectivity index is 1.79. The van der Waals surface area contributed by atoms with E-state index < -0.39 is 0 Å². The molecule has 2 aromatic carbocycles. The second kappa shape index (κ2) is 9.67. The van der Waals surface area contributed by atoms with E-state index in [0.29, 0.717) is 5.78 Å². The van der Waals surface area contributed by atoms with Crippen molar-refractivity contribution in [2.75, 3.05) is 0 Å². The highest BCUT2D eigenvalue weighted by molar-refractivity contribution is 5.83. The van der Waals surface area contributed by atoms with E-state index in [0.717, 1.165) is 12.8 Å². The largest absolute Gasteiger partial charge is 0.299 e. The smallest absolute Gasteiger partial charge is 0.139 e. The van der Waals surface area contributed by atoms with Crippen molar-refractivity contribution >= 4 is 17.9 Å². The van der Waals surface area contributed by atoms with Crippen LogP contribution >= 0.6 is 0 Å². The average Bonchev–Trinajstić information content (AvgIpc) is 2.62. The SMILES string of the molecule is CC(CC=Cc1ccccc1)C(=O)C(C)CC=Cc1ccccc1. The predicted octanol–water partition coefficient (Wildman–Crippen LogP) is 6.03. The molecule has 0 radical (unpaired) electrons. The van der Waals surface area contributed by atoms with Crippen LogP contribution in [0.2, 0.25) is 0 Å². The van der Waals surface area contributed by atoms with Crippen LogP contribution in [0.4, 0.5) is 0 Å². The molecule has 0 spiro atoms. The van der Waals surface area contributed by atoms with Gasteiger partial charge in [0, 0.05) is 11.8 Å². The minimum Gasteiger partial charge on any atom is -0.299 e. The summed E-state index contributed by atoms with van der Waals surface area (Å²) in [6.07, 6.45) is 9.96. The molecule has 0 aromatic heterocycles. The van der Waals surface area contributed by atoms with E-state index in [9.17, 15) is 4.79 Å². The van der Waals surface area contributed by atoms with Gasteiger partial charge in [0.25, 0.3) is 0 Å². The lowest BCUT2D eigenvalue weighted by Gasteiger charge is -2.13. The normalized spacial score (nSPS) is 14.1. The molecule has 0 bridgehead atoms. The zero-order chi connectivity index (χ0) is 17.2. The number of hydrogen-bond donors (Lipinski definition) is 0. The molecule has 24 heavy (non-hydrogen) atoms. The zero-order valence-electron chi connectivity index (χ0n) is 14.6. The Kier molecular flexibility index (Phi) is 7.22. The van der Waals surface area contributed by atoms with Gasteiger partial charge in [-0.05, 0) is 24.0 Å². The zero-order valence-corrected chi connectivity index (χ0v) is 14.6. The third-order valence-electron chi connectivity index (χ3n) is 4.17. The van der Waals surface area contributed by atoms with Crippen LogP contribution in [0.3, 0.4) is 0 Å². The molecule has 0 saturated heterocycles. The second-order valence-electron chi connectivity index (χ2n) is 6.30. The van der Waals surface area contributed by atoms with E-state index in [-0.39, 0.29) is 11.8 Å². The van der Waals surface area contributed by atoms with Gasteiger partial charge in [-0.15, -0.1) is 0 Å². The Morgan fingerprint density at radius 1 is 0.750 bits per heavy atom. The number of hydrogen-bond acceptors (Lipinski definition) is 1. The van der Waals surface area contributed by atoms with Crippen molar-refractivity contribution in [2.45, 2.75) is 26.7 Å². The van der Waals surface area contributed by atoms with Crippen molar-refractivity contribution in [3.63, 3.8) is 0 Å². The molecule has 0 amide bonds. The molecule has 2 unspecified atom stereocenters. The molecule has 0 N–H and O–H groups in total. The van der Waals surface area contributed by atoms with Crippen LogP contribution in [-0.4, -0.2) is 5.78 Å². The van der Waals surface area contributed by atoms with E-state index in [1.165, 1.54) is 11.1 Å². The van der Waals surface area contributed by atoms with Gasteiger partial charge in [0.15, 0.2) is 0 Å². The monoisotopic (exact) mass is 318 g/mol. The number of benzene rings is 2. The number of ketones is 1. The first kappa shape index (κ1) is 17.9. The number of Topliss-reactive ketones (excluding diaryl/α,β-unsaturated/α-hetero) is 1. The summed E-state index contributed by atoms with van der Waals surface area (Å²) in [5.74, 6) is 0.459. The first-order valence-corrected chi connectivity index (χ1v) is 8.63. The van der Waals surface area contributed by atoms with Crippen LogP contribution in [0.15, 0.2) is 72.8 Å². The summed E-state index contributed by atoms with van der Waals surface area (Å²) in [6.45, 7) is 4.05. The molecular formula is C23H26O. The molecule has 0 aliphatic heterocycles. The first-order valence-electron chi connectivity index (χ1n) is 8.63. The minimum atomic E-state index is 0.0603. The van der Waals surface area contributed by atoms with Gasteiger partial charge in [-0.2, -0.15) is 0 Å². The van der Waals surface area contributed by atoms with Crippen molar-refractivity contribution in [2.24, 2.45) is 11.8 Å². The maximum absolute atomic E-state index is 12.5. The molecule has 0 fully saturated rings. The van der Waals surface area contributed by atoms with Crippen LogP contribution in [0.5, 0.6) is 0 Å². The lowest BCUT2D eigenvalue weighted by molar-refractivity contribution is -0.125. The highest BCUT2D eigenvalue weighted by Gasteiger charge is 2.17. The van der Waals surface area contributed by atoms with Gasteiger partial charge in [0.05, 0.1) is 0 Å². The molecule has 1 nitrogen and oxygen atoms in total. The standard InChI is InChI=1S/C23H26O/c1-19(11-9-17-21-13-5-3-6-14-21)23(24)20(2)12-10-18-22-15-7-4-8-16-22/h3-10,13-20H,11-12H2,1-2H3. The fourth-order valence-corrected chi connectivity index (χ4v) is 2.66. The molecular weight excluding hydrogens is 292 g/mol. The van der Waals surface area contributed by atoms with E-state index in [1.54, 1.807) is 0 Å². The lowest BCUT2D eigenvalue weighted by atomic mass is 9.90. The highest BCUT2D eigenvalue weighted by Crippen LogP contribution is 2.16. The van der Waals surface area contributed by atoms with Gasteiger partial charge in [-0.25, -0.2) is 0 Å². The summed E-state index contributed by atoms with van der Waals surface area (Å²) in [5.41, 5.74) is 2.35. The van der Waals surface area contributed by atoms with Crippen molar-refractivity contribution in [1.82, 2.24) is 0 Å². The summed E-state index contributed by atoms with van der Waals surface area (Å²) >= 11 is 0. The van der Waals surface area contributed by atoms with Crippen LogP contribution in [0, 0.1) is 11.8 Å². The maximum Gasteiger partial charge on any atom is 0.139 e. The van der Waals surface area contributed by atoms with E-state index in [4.69, 9.17) is 0 Å². The topological polar surface area (TPSA) is 17.1 Å². The van der Waals surface area contributed by atoms with Gasteiger partial charge in [-0.1, -0.05) is 98.8 Å². The Bertz CT molecular complexity index is 608. The van der Waals surface area contributed by atoms with Crippen LogP contribution in [0.1, 0.15) is 37.8 Å². The summed E-state index contributed by atoms with van der Waals surface area (Å²) in [4.78, 5) is 12.5. The molecule has 2 rings (SSSR count). The second-order valence-corrected chi connectivity index (χ2v) is 6.30. The van der Waals surface area contributed by atoms with Crippen LogP contribution in [-0.2, 0) is 4.79 Å². The fraction of sp³-hybridized carbons (Fsp3) is 0.261. The van der Waals surface area contributed by atoms with Crippen molar-refractivity contribution in [3.05, 3.63) is 83.9 Å². The van der Waals surface area contributed by atoms with E-state index in [2.05, 4.69) is 48.6 Å². The maximum atomic E-state index is 12.5. The summed E-state index contributed by atoms with van der Waals surface area (Å²) in [6, 6.07) is 20.4. The Morgan fingerprint density at radius 2 is 1.12 bits per heavy atom. The predicted molar refractivity (Wildman–Crippen MR) is 104 cm³/mol. The van der Waals surface area contributed by atoms with Gasteiger partial charge in [0.2, 0.25) is 0 Å². The van der Waals surface area contributed by atoms with Crippen molar-refractivity contribution < 1.29 is 4.79 Å². The van der Waals surface area contributed by atoms with Gasteiger partial charge in [-0.3, -0.25) is 4.79 Å². The molecule has 124 valence electrons. The molecule has 0 aliphatic carbocycles. The number of carbonyl (C=O) groups is 1. The molecule has 0 aliphatic rings. The van der Waals surface area contributed by atoms with E-state index in [1.807, 2.05) is 50.2 Å². The molecule has 2 atom stereocenters.